The van der Waals surface area contributed by atoms with Crippen molar-refractivity contribution in [2.45, 2.75) is 39.7 Å². The largest absolute Gasteiger partial charge is 0.496 e. The average molecular weight is 450 g/mol. The number of aromatic nitrogens is 1. The van der Waals surface area contributed by atoms with Gasteiger partial charge in [0.2, 0.25) is 0 Å². The van der Waals surface area contributed by atoms with Crippen LogP contribution in [0.5, 0.6) is 5.75 Å². The van der Waals surface area contributed by atoms with E-state index in [-0.39, 0.29) is 5.97 Å². The molecule has 0 atom stereocenters. The maximum absolute atomic E-state index is 12.4. The minimum atomic E-state index is -0.536. The smallest absolute Gasteiger partial charge is 0.337 e. The van der Waals surface area contributed by atoms with Gasteiger partial charge in [0.05, 0.1) is 19.8 Å². The van der Waals surface area contributed by atoms with Gasteiger partial charge in [0.15, 0.2) is 0 Å². The second-order valence-corrected chi connectivity index (χ2v) is 9.07. The molecule has 33 heavy (non-hydrogen) atoms. The van der Waals surface area contributed by atoms with Crippen molar-refractivity contribution in [1.82, 2.24) is 4.57 Å². The molecule has 2 aromatic carbocycles. The molecule has 0 spiro atoms. The number of nitrogens with zero attached hydrogens (tertiary/aromatic N) is 1. The number of benzene rings is 2. The lowest BCUT2D eigenvalue weighted by Gasteiger charge is -2.19. The van der Waals surface area contributed by atoms with Crippen LogP contribution in [0.25, 0.3) is 17.0 Å². The summed E-state index contributed by atoms with van der Waals surface area (Å²) in [5, 5.41) is 1.09. The quantitative estimate of drug-likeness (QED) is 0.377. The molecule has 0 aliphatic rings. The maximum atomic E-state index is 12.4. The highest BCUT2D eigenvalue weighted by Gasteiger charge is 2.18. The number of hydrogen-bond acceptors (Lipinski definition) is 5. The van der Waals surface area contributed by atoms with Crippen LogP contribution in [0.3, 0.4) is 0 Å². The third-order valence-corrected chi connectivity index (χ3v) is 5.29. The molecule has 0 saturated heterocycles. The van der Waals surface area contributed by atoms with E-state index < -0.39 is 11.6 Å². The van der Waals surface area contributed by atoms with Crippen molar-refractivity contribution >= 4 is 28.9 Å². The van der Waals surface area contributed by atoms with Crippen molar-refractivity contribution in [3.05, 3.63) is 70.4 Å². The SMILES string of the molecule is COC(=O)c1ccc(Cc2cn(C)c3ccc(/C=C(/C)C(=O)OC(C)(C)C)cc23)c(OC)c1. The predicted molar refractivity (Wildman–Crippen MR) is 130 cm³/mol. The molecule has 6 nitrogen and oxygen atoms in total. The van der Waals surface area contributed by atoms with Crippen LogP contribution in [-0.4, -0.2) is 36.3 Å². The number of hydrogen-bond donors (Lipinski definition) is 0. The Morgan fingerprint density at radius 1 is 1.03 bits per heavy atom. The van der Waals surface area contributed by atoms with Gasteiger partial charge in [0.25, 0.3) is 0 Å². The van der Waals surface area contributed by atoms with Gasteiger partial charge in [-0.15, -0.1) is 0 Å². The minimum absolute atomic E-state index is 0.327. The topological polar surface area (TPSA) is 66.8 Å². The highest BCUT2D eigenvalue weighted by Crippen LogP contribution is 2.29. The number of aryl methyl sites for hydroxylation is 1. The molecule has 3 aromatic rings. The van der Waals surface area contributed by atoms with Crippen LogP contribution in [0, 0.1) is 0 Å². The number of carbonyl (C=O) groups is 2. The Morgan fingerprint density at radius 3 is 2.39 bits per heavy atom. The number of fused-ring (bicyclic) bond motifs is 1. The van der Waals surface area contributed by atoms with Gasteiger partial charge in [-0.3, -0.25) is 0 Å². The predicted octanol–water partition coefficient (Wildman–Crippen LogP) is 5.31. The van der Waals surface area contributed by atoms with Crippen LogP contribution in [0.2, 0.25) is 0 Å². The minimum Gasteiger partial charge on any atom is -0.496 e. The van der Waals surface area contributed by atoms with Gasteiger partial charge in [0.1, 0.15) is 11.4 Å². The molecule has 0 aliphatic carbocycles. The highest BCUT2D eigenvalue weighted by molar-refractivity contribution is 5.95. The lowest BCUT2D eigenvalue weighted by molar-refractivity contribution is -0.149. The molecule has 3 rings (SSSR count). The number of esters is 2. The zero-order valence-electron chi connectivity index (χ0n) is 20.3. The van der Waals surface area contributed by atoms with E-state index in [4.69, 9.17) is 14.2 Å². The van der Waals surface area contributed by atoms with E-state index in [0.717, 1.165) is 27.6 Å². The van der Waals surface area contributed by atoms with Crippen LogP contribution in [-0.2, 0) is 27.7 Å². The summed E-state index contributed by atoms with van der Waals surface area (Å²) in [6.45, 7) is 7.32. The maximum Gasteiger partial charge on any atom is 0.337 e. The van der Waals surface area contributed by atoms with Gasteiger partial charge < -0.3 is 18.8 Å². The van der Waals surface area contributed by atoms with Crippen molar-refractivity contribution in [1.29, 1.82) is 0 Å². The molecule has 1 aromatic heterocycles. The summed E-state index contributed by atoms with van der Waals surface area (Å²) in [5.74, 6) is -0.0974. The van der Waals surface area contributed by atoms with E-state index in [2.05, 4.69) is 16.8 Å². The fraction of sp³-hybridized carbons (Fsp3) is 0.333. The zero-order chi connectivity index (χ0) is 24.3. The standard InChI is InChI=1S/C27H31NO5/c1-17(25(29)33-27(2,3)4)12-18-8-11-23-22(13-18)21(16-28(23)5)14-19-9-10-20(26(30)32-7)15-24(19)31-6/h8-13,15-16H,14H2,1-7H3/b17-12-. The number of ether oxygens (including phenoxy) is 3. The second-order valence-electron chi connectivity index (χ2n) is 9.07. The molecule has 6 heteroatoms. The molecule has 0 fully saturated rings. The first kappa shape index (κ1) is 24.1. The lowest BCUT2D eigenvalue weighted by Crippen LogP contribution is -2.24. The van der Waals surface area contributed by atoms with Crippen molar-refractivity contribution in [2.75, 3.05) is 14.2 Å². The molecule has 0 N–H and O–H groups in total. The second kappa shape index (κ2) is 9.53. The van der Waals surface area contributed by atoms with Gasteiger partial charge in [-0.05, 0) is 74.7 Å². The van der Waals surface area contributed by atoms with Gasteiger partial charge in [-0.2, -0.15) is 0 Å². The molecule has 0 amide bonds. The fourth-order valence-corrected chi connectivity index (χ4v) is 3.73. The first-order valence-electron chi connectivity index (χ1n) is 10.8. The fourth-order valence-electron chi connectivity index (χ4n) is 3.73. The highest BCUT2D eigenvalue weighted by atomic mass is 16.6. The monoisotopic (exact) mass is 449 g/mol. The Labute approximate surface area is 194 Å². The molecule has 174 valence electrons. The Kier molecular flexibility index (Phi) is 6.96. The summed E-state index contributed by atoms with van der Waals surface area (Å²) in [4.78, 5) is 24.2. The van der Waals surface area contributed by atoms with Crippen molar-refractivity contribution in [3.8, 4) is 5.75 Å². The van der Waals surface area contributed by atoms with Gasteiger partial charge in [-0.1, -0.05) is 12.1 Å². The van der Waals surface area contributed by atoms with E-state index in [1.165, 1.54) is 7.11 Å². The van der Waals surface area contributed by atoms with Crippen molar-refractivity contribution < 1.29 is 23.8 Å². The van der Waals surface area contributed by atoms with Gasteiger partial charge in [-0.25, -0.2) is 9.59 Å². The van der Waals surface area contributed by atoms with Crippen molar-refractivity contribution in [2.24, 2.45) is 7.05 Å². The number of methoxy groups -OCH3 is 2. The Morgan fingerprint density at radius 2 is 1.76 bits per heavy atom. The summed E-state index contributed by atoms with van der Waals surface area (Å²) < 4.78 is 17.9. The number of rotatable bonds is 6. The summed E-state index contributed by atoms with van der Waals surface area (Å²) in [6.07, 6.45) is 4.56. The van der Waals surface area contributed by atoms with E-state index >= 15 is 0 Å². The van der Waals surface area contributed by atoms with E-state index in [0.29, 0.717) is 23.3 Å². The van der Waals surface area contributed by atoms with Crippen LogP contribution in [0.4, 0.5) is 0 Å². The van der Waals surface area contributed by atoms with Gasteiger partial charge in [0, 0.05) is 36.1 Å². The lowest BCUT2D eigenvalue weighted by atomic mass is 10.00. The normalized spacial score (nSPS) is 12.0. The first-order valence-corrected chi connectivity index (χ1v) is 10.8. The summed E-state index contributed by atoms with van der Waals surface area (Å²) in [5.41, 5.74) is 4.53. The third kappa shape index (κ3) is 5.64. The third-order valence-electron chi connectivity index (χ3n) is 5.29. The molecular formula is C27H31NO5. The molecule has 0 saturated carbocycles. The molecule has 1 heterocycles. The average Bonchev–Trinajstić information content (AvgIpc) is 3.06. The molecular weight excluding hydrogens is 418 g/mol. The van der Waals surface area contributed by atoms with Crippen molar-refractivity contribution in [3.63, 3.8) is 0 Å². The Bertz CT molecular complexity index is 1230. The molecule has 0 unspecified atom stereocenters. The van der Waals surface area contributed by atoms with E-state index in [1.807, 2.05) is 52.1 Å². The van der Waals surface area contributed by atoms with Gasteiger partial charge >= 0.3 is 11.9 Å². The summed E-state index contributed by atoms with van der Waals surface area (Å²) in [7, 11) is 4.95. The molecule has 0 bridgehead atoms. The number of carbonyl (C=O) groups excluding carboxylic acids is 2. The summed E-state index contributed by atoms with van der Waals surface area (Å²) >= 11 is 0. The van der Waals surface area contributed by atoms with Crippen LogP contribution in [0.1, 0.15) is 54.7 Å². The first-order chi connectivity index (χ1) is 15.5. The Hall–Kier alpha value is -3.54. The molecule has 0 aliphatic heterocycles. The van der Waals surface area contributed by atoms with E-state index in [9.17, 15) is 9.59 Å². The molecule has 0 radical (unpaired) electrons. The summed E-state index contributed by atoms with van der Waals surface area (Å²) in [6, 6.07) is 11.4. The van der Waals surface area contributed by atoms with Crippen LogP contribution >= 0.6 is 0 Å². The van der Waals surface area contributed by atoms with Crippen LogP contribution in [0.15, 0.2) is 48.2 Å². The van der Waals surface area contributed by atoms with Crippen LogP contribution < -0.4 is 4.74 Å². The Balaban J connectivity index is 1.96. The van der Waals surface area contributed by atoms with E-state index in [1.54, 1.807) is 26.2 Å². The zero-order valence-corrected chi connectivity index (χ0v) is 20.3.